The topological polar surface area (TPSA) is 96.1 Å². The summed E-state index contributed by atoms with van der Waals surface area (Å²) in [5.74, 6) is 0.198. The zero-order valence-electron chi connectivity index (χ0n) is 13.3. The second-order valence-electron chi connectivity index (χ2n) is 6.48. The third kappa shape index (κ3) is 4.06. The fourth-order valence-corrected chi connectivity index (χ4v) is 2.98. The third-order valence-corrected chi connectivity index (χ3v) is 4.47. The maximum atomic E-state index is 12.3. The van der Waals surface area contributed by atoms with Gasteiger partial charge in [-0.2, -0.15) is 10.4 Å². The van der Waals surface area contributed by atoms with E-state index in [2.05, 4.69) is 26.4 Å². The van der Waals surface area contributed by atoms with Crippen molar-refractivity contribution in [2.45, 2.75) is 38.0 Å². The molecule has 2 heterocycles. The summed E-state index contributed by atoms with van der Waals surface area (Å²) in [7, 11) is 0. The molecule has 0 radical (unpaired) electrons. The highest BCUT2D eigenvalue weighted by Crippen LogP contribution is 2.39. The molecule has 23 heavy (non-hydrogen) atoms. The van der Waals surface area contributed by atoms with E-state index in [1.54, 1.807) is 11.0 Å². The summed E-state index contributed by atoms with van der Waals surface area (Å²) < 4.78 is 7.45. The Labute approximate surface area is 135 Å². The molecule has 8 heteroatoms. The summed E-state index contributed by atoms with van der Waals surface area (Å²) in [5, 5.41) is 16.3. The number of morpholine rings is 1. The van der Waals surface area contributed by atoms with E-state index in [1.807, 2.05) is 6.92 Å². The lowest BCUT2D eigenvalue weighted by atomic mass is 9.98. The van der Waals surface area contributed by atoms with Gasteiger partial charge in [0.15, 0.2) is 0 Å². The number of ether oxygens (including phenoxy) is 1. The van der Waals surface area contributed by atoms with Crippen LogP contribution < -0.4 is 5.32 Å². The molecule has 1 aromatic heterocycles. The molecule has 0 aromatic carbocycles. The molecule has 0 spiro atoms. The number of amides is 1. The monoisotopic (exact) mass is 318 g/mol. The first-order valence-corrected chi connectivity index (χ1v) is 7.98. The molecule has 1 amide bonds. The molecule has 1 saturated carbocycles. The highest BCUT2D eigenvalue weighted by Gasteiger charge is 2.43. The maximum absolute atomic E-state index is 12.3. The summed E-state index contributed by atoms with van der Waals surface area (Å²) >= 11 is 0. The van der Waals surface area contributed by atoms with Crippen LogP contribution in [0.2, 0.25) is 0 Å². The SMILES string of the molecule is C[C@@](C#N)(NC(=O)CN1CCO[C@H](Cn2cncn2)C1)C1CC1. The van der Waals surface area contributed by atoms with Crippen molar-refractivity contribution in [3.8, 4) is 6.07 Å². The number of carbonyl (C=O) groups excluding carboxylic acids is 1. The van der Waals surface area contributed by atoms with Crippen LogP contribution in [-0.4, -0.2) is 63.5 Å². The quantitative estimate of drug-likeness (QED) is 0.779. The number of nitrogens with one attached hydrogen (secondary N) is 1. The predicted octanol–water partition coefficient (Wildman–Crippen LogP) is -0.213. The minimum absolute atomic E-state index is 0.0102. The molecule has 124 valence electrons. The Morgan fingerprint density at radius 2 is 2.39 bits per heavy atom. The van der Waals surface area contributed by atoms with Crippen LogP contribution in [0.3, 0.4) is 0 Å². The standard InChI is InChI=1S/C15H22N6O2/c1-15(9-16,12-2-3-12)19-14(22)8-20-4-5-23-13(6-20)7-21-11-17-10-18-21/h10-13H,2-8H2,1H3,(H,19,22)/t13-,15-/m0/s1. The lowest BCUT2D eigenvalue weighted by molar-refractivity contribution is -0.125. The number of hydrogen-bond donors (Lipinski definition) is 1. The molecule has 2 fully saturated rings. The number of nitrogens with zero attached hydrogens (tertiary/aromatic N) is 5. The Balaban J connectivity index is 1.49. The molecule has 1 saturated heterocycles. The van der Waals surface area contributed by atoms with Crippen molar-refractivity contribution >= 4 is 5.91 Å². The van der Waals surface area contributed by atoms with Crippen molar-refractivity contribution < 1.29 is 9.53 Å². The molecule has 2 atom stereocenters. The Kier molecular flexibility index (Phi) is 4.59. The van der Waals surface area contributed by atoms with E-state index in [9.17, 15) is 10.1 Å². The van der Waals surface area contributed by atoms with E-state index in [1.165, 1.54) is 6.33 Å². The molecule has 0 unspecified atom stereocenters. The van der Waals surface area contributed by atoms with Gasteiger partial charge in [-0.25, -0.2) is 4.98 Å². The number of aromatic nitrogens is 3. The minimum Gasteiger partial charge on any atom is -0.374 e. The normalized spacial score (nSPS) is 24.6. The Morgan fingerprint density at radius 3 is 3.04 bits per heavy atom. The maximum Gasteiger partial charge on any atom is 0.235 e. The van der Waals surface area contributed by atoms with Gasteiger partial charge in [0.05, 0.1) is 31.9 Å². The summed E-state index contributed by atoms with van der Waals surface area (Å²) in [4.78, 5) is 18.2. The van der Waals surface area contributed by atoms with Crippen LogP contribution in [0.25, 0.3) is 0 Å². The smallest absolute Gasteiger partial charge is 0.235 e. The van der Waals surface area contributed by atoms with Crippen molar-refractivity contribution in [2.75, 3.05) is 26.2 Å². The van der Waals surface area contributed by atoms with Crippen molar-refractivity contribution in [3.63, 3.8) is 0 Å². The lowest BCUT2D eigenvalue weighted by Crippen LogP contribution is -2.53. The summed E-state index contributed by atoms with van der Waals surface area (Å²) in [5.41, 5.74) is -0.733. The predicted molar refractivity (Wildman–Crippen MR) is 81.1 cm³/mol. The van der Waals surface area contributed by atoms with Gasteiger partial charge in [-0.1, -0.05) is 0 Å². The van der Waals surface area contributed by atoms with E-state index in [-0.39, 0.29) is 12.0 Å². The zero-order valence-corrected chi connectivity index (χ0v) is 13.3. The second kappa shape index (κ2) is 6.64. The molecular formula is C15H22N6O2. The van der Waals surface area contributed by atoms with Gasteiger partial charge in [0, 0.05) is 13.1 Å². The Hall–Kier alpha value is -1.98. The first-order chi connectivity index (χ1) is 11.1. The van der Waals surface area contributed by atoms with E-state index in [0.29, 0.717) is 38.7 Å². The Morgan fingerprint density at radius 1 is 1.57 bits per heavy atom. The van der Waals surface area contributed by atoms with Crippen LogP contribution in [0, 0.1) is 17.2 Å². The molecule has 3 rings (SSSR count). The lowest BCUT2D eigenvalue weighted by Gasteiger charge is -2.33. The van der Waals surface area contributed by atoms with Crippen LogP contribution >= 0.6 is 0 Å². The first-order valence-electron chi connectivity index (χ1n) is 7.98. The molecule has 1 aliphatic carbocycles. The zero-order chi connectivity index (χ0) is 16.3. The van der Waals surface area contributed by atoms with Crippen molar-refractivity contribution in [2.24, 2.45) is 5.92 Å². The van der Waals surface area contributed by atoms with E-state index >= 15 is 0 Å². The second-order valence-corrected chi connectivity index (χ2v) is 6.48. The molecule has 0 bridgehead atoms. The van der Waals surface area contributed by atoms with Gasteiger partial charge in [-0.15, -0.1) is 0 Å². The van der Waals surface area contributed by atoms with Crippen molar-refractivity contribution in [1.29, 1.82) is 5.26 Å². The Bertz CT molecular complexity index is 579. The van der Waals surface area contributed by atoms with Gasteiger partial charge in [0.1, 0.15) is 18.2 Å². The average Bonchev–Trinajstić information content (AvgIpc) is 3.27. The van der Waals surface area contributed by atoms with Crippen LogP contribution in [0.1, 0.15) is 19.8 Å². The highest BCUT2D eigenvalue weighted by atomic mass is 16.5. The van der Waals surface area contributed by atoms with Crippen molar-refractivity contribution in [3.05, 3.63) is 12.7 Å². The van der Waals surface area contributed by atoms with Gasteiger partial charge < -0.3 is 10.1 Å². The number of carbonyl (C=O) groups is 1. The van der Waals surface area contributed by atoms with E-state index in [4.69, 9.17) is 4.74 Å². The number of rotatable bonds is 6. The van der Waals surface area contributed by atoms with Crippen LogP contribution in [-0.2, 0) is 16.1 Å². The van der Waals surface area contributed by atoms with E-state index < -0.39 is 5.54 Å². The van der Waals surface area contributed by atoms with E-state index in [0.717, 1.165) is 12.8 Å². The minimum atomic E-state index is -0.733. The van der Waals surface area contributed by atoms with Crippen LogP contribution in [0.5, 0.6) is 0 Å². The van der Waals surface area contributed by atoms with Gasteiger partial charge in [0.2, 0.25) is 5.91 Å². The fourth-order valence-electron chi connectivity index (χ4n) is 2.98. The molecule has 1 aliphatic heterocycles. The average molecular weight is 318 g/mol. The summed E-state index contributed by atoms with van der Waals surface area (Å²) in [6.45, 7) is 4.70. The first kappa shape index (κ1) is 15.9. The van der Waals surface area contributed by atoms with Gasteiger partial charge in [-0.05, 0) is 25.7 Å². The molecule has 8 nitrogen and oxygen atoms in total. The third-order valence-electron chi connectivity index (χ3n) is 4.47. The van der Waals surface area contributed by atoms with Gasteiger partial charge in [-0.3, -0.25) is 14.4 Å². The summed E-state index contributed by atoms with van der Waals surface area (Å²) in [6.07, 6.45) is 5.17. The fraction of sp³-hybridized carbons (Fsp3) is 0.733. The summed E-state index contributed by atoms with van der Waals surface area (Å²) in [6, 6.07) is 2.25. The van der Waals surface area contributed by atoms with Crippen LogP contribution in [0.15, 0.2) is 12.7 Å². The number of nitriles is 1. The van der Waals surface area contributed by atoms with Gasteiger partial charge in [0.25, 0.3) is 0 Å². The van der Waals surface area contributed by atoms with Crippen molar-refractivity contribution in [1.82, 2.24) is 25.0 Å². The highest BCUT2D eigenvalue weighted by molar-refractivity contribution is 5.79. The molecular weight excluding hydrogens is 296 g/mol. The van der Waals surface area contributed by atoms with Gasteiger partial charge >= 0.3 is 0 Å². The molecule has 1 N–H and O–H groups in total. The molecule has 1 aromatic rings. The van der Waals surface area contributed by atoms with Crippen LogP contribution in [0.4, 0.5) is 0 Å². The number of hydrogen-bond acceptors (Lipinski definition) is 6. The molecule has 2 aliphatic rings. The largest absolute Gasteiger partial charge is 0.374 e.